The molecule has 1 aliphatic heterocycles. The largest absolute Gasteiger partial charge is 0.489 e. The van der Waals surface area contributed by atoms with Crippen LogP contribution in [-0.2, 0) is 17.8 Å². The molecule has 3 aromatic heterocycles. The standard InChI is InChI=1S/C33H36N4O4S/c1-4-28-26(33(39)40)18-34-37(28)30-7-5-6-27(35-30)31-25(17-21(3)42-31)19-41-29-11-10-24(16-20(29)2)22-12-14-36(15-13-22)32(38)23-8-9-23/h5-7,10-11,16-18,22-23H,4,8-9,12-15,19H2,1-3H3,(H,39,40). The quantitative estimate of drug-likeness (QED) is 0.239. The third kappa shape index (κ3) is 5.70. The first kappa shape index (κ1) is 28.2. The Morgan fingerprint density at radius 1 is 1.07 bits per heavy atom. The summed E-state index contributed by atoms with van der Waals surface area (Å²) in [6.45, 7) is 8.21. The number of thiophene rings is 1. The van der Waals surface area contributed by atoms with Gasteiger partial charge in [-0.05, 0) is 87.3 Å². The lowest BCUT2D eigenvalue weighted by atomic mass is 9.88. The molecule has 2 fully saturated rings. The molecule has 1 saturated heterocycles. The van der Waals surface area contributed by atoms with Gasteiger partial charge in [0.05, 0.1) is 22.5 Å². The van der Waals surface area contributed by atoms with Crippen LogP contribution in [0.4, 0.5) is 0 Å². The number of nitrogens with zero attached hydrogens (tertiary/aromatic N) is 4. The van der Waals surface area contributed by atoms with E-state index in [9.17, 15) is 14.7 Å². The molecule has 0 radical (unpaired) electrons. The molecule has 2 aliphatic rings. The van der Waals surface area contributed by atoms with E-state index < -0.39 is 5.97 Å². The van der Waals surface area contributed by atoms with Gasteiger partial charge in [0.15, 0.2) is 5.82 Å². The molecule has 8 nitrogen and oxygen atoms in total. The first-order valence-electron chi connectivity index (χ1n) is 14.7. The lowest BCUT2D eigenvalue weighted by Crippen LogP contribution is -2.38. The molecule has 1 aromatic carbocycles. The van der Waals surface area contributed by atoms with Crippen LogP contribution in [0.1, 0.15) is 76.1 Å². The van der Waals surface area contributed by atoms with E-state index in [1.807, 2.05) is 25.1 Å². The van der Waals surface area contributed by atoms with Gasteiger partial charge in [-0.1, -0.05) is 25.1 Å². The van der Waals surface area contributed by atoms with Crippen LogP contribution in [0.15, 0.2) is 48.7 Å². The highest BCUT2D eigenvalue weighted by Crippen LogP contribution is 2.36. The predicted octanol–water partition coefficient (Wildman–Crippen LogP) is 6.57. The summed E-state index contributed by atoms with van der Waals surface area (Å²) >= 11 is 1.67. The van der Waals surface area contributed by atoms with Crippen molar-refractivity contribution in [3.63, 3.8) is 0 Å². The fourth-order valence-corrected chi connectivity index (χ4v) is 6.90. The molecule has 218 valence electrons. The van der Waals surface area contributed by atoms with Crippen LogP contribution in [0, 0.1) is 19.8 Å². The zero-order chi connectivity index (χ0) is 29.4. The smallest absolute Gasteiger partial charge is 0.339 e. The summed E-state index contributed by atoms with van der Waals surface area (Å²) in [7, 11) is 0. The number of carboxylic acid groups (broad SMARTS) is 1. The van der Waals surface area contributed by atoms with Crippen LogP contribution in [0.2, 0.25) is 0 Å². The van der Waals surface area contributed by atoms with E-state index in [4.69, 9.17) is 9.72 Å². The second kappa shape index (κ2) is 11.7. The second-order valence-corrected chi connectivity index (χ2v) is 12.6. The molecule has 1 N–H and O–H groups in total. The number of ether oxygens (including phenoxy) is 1. The molecule has 0 bridgehead atoms. The summed E-state index contributed by atoms with van der Waals surface area (Å²) in [6, 6.07) is 14.4. The Balaban J connectivity index is 1.15. The van der Waals surface area contributed by atoms with Crippen molar-refractivity contribution < 1.29 is 19.4 Å². The highest BCUT2D eigenvalue weighted by atomic mass is 32.1. The molecule has 9 heteroatoms. The predicted molar refractivity (Wildman–Crippen MR) is 163 cm³/mol. The van der Waals surface area contributed by atoms with E-state index in [2.05, 4.69) is 48.1 Å². The van der Waals surface area contributed by atoms with Crippen molar-refractivity contribution >= 4 is 23.2 Å². The average molecular weight is 585 g/mol. The van der Waals surface area contributed by atoms with Gasteiger partial charge in [0.2, 0.25) is 5.91 Å². The number of carbonyl (C=O) groups is 2. The molecular formula is C33H36N4O4S. The normalized spacial score (nSPS) is 15.6. The molecule has 1 amide bonds. The average Bonchev–Trinajstić information content (AvgIpc) is 3.64. The molecule has 4 heterocycles. The van der Waals surface area contributed by atoms with E-state index in [0.717, 1.165) is 71.1 Å². The third-order valence-electron chi connectivity index (χ3n) is 8.34. The number of rotatable bonds is 9. The van der Waals surface area contributed by atoms with Crippen LogP contribution in [0.5, 0.6) is 5.75 Å². The highest BCUT2D eigenvalue weighted by molar-refractivity contribution is 7.15. The number of carbonyl (C=O) groups excluding carboxylic acids is 1. The Morgan fingerprint density at radius 3 is 2.55 bits per heavy atom. The van der Waals surface area contributed by atoms with Crippen LogP contribution in [0.3, 0.4) is 0 Å². The van der Waals surface area contributed by atoms with Crippen molar-refractivity contribution in [3.05, 3.63) is 81.5 Å². The van der Waals surface area contributed by atoms with Gasteiger partial charge in [-0.3, -0.25) is 4.79 Å². The van der Waals surface area contributed by atoms with E-state index in [-0.39, 0.29) is 5.56 Å². The van der Waals surface area contributed by atoms with Gasteiger partial charge in [0.25, 0.3) is 0 Å². The maximum atomic E-state index is 12.4. The minimum atomic E-state index is -0.989. The van der Waals surface area contributed by atoms with E-state index in [0.29, 0.717) is 42.3 Å². The SMILES string of the molecule is CCc1c(C(=O)O)cnn1-c1cccc(-c2sc(C)cc2COc2ccc(C3CCN(C(=O)C4CC4)CC3)cc2C)n1. The monoisotopic (exact) mass is 584 g/mol. The van der Waals surface area contributed by atoms with E-state index >= 15 is 0 Å². The summed E-state index contributed by atoms with van der Waals surface area (Å²) in [4.78, 5) is 33.2. The number of likely N-dealkylation sites (tertiary alicyclic amines) is 1. The Bertz CT molecular complexity index is 1630. The summed E-state index contributed by atoms with van der Waals surface area (Å²) in [6.07, 6.45) is 6.07. The number of aromatic carboxylic acids is 1. The van der Waals surface area contributed by atoms with Crippen molar-refractivity contribution in [2.45, 2.75) is 65.4 Å². The number of aromatic nitrogens is 3. The van der Waals surface area contributed by atoms with Crippen LogP contribution in [-0.4, -0.2) is 49.7 Å². The number of benzene rings is 1. The number of hydrogen-bond acceptors (Lipinski definition) is 6. The van der Waals surface area contributed by atoms with Crippen molar-refractivity contribution in [1.29, 1.82) is 0 Å². The van der Waals surface area contributed by atoms with Gasteiger partial charge >= 0.3 is 5.97 Å². The third-order valence-corrected chi connectivity index (χ3v) is 9.45. The second-order valence-electron chi connectivity index (χ2n) is 11.4. The van der Waals surface area contributed by atoms with Crippen LogP contribution in [0.25, 0.3) is 16.4 Å². The van der Waals surface area contributed by atoms with Gasteiger partial charge < -0.3 is 14.7 Å². The Morgan fingerprint density at radius 2 is 1.86 bits per heavy atom. The van der Waals surface area contributed by atoms with Gasteiger partial charge in [-0.25, -0.2) is 14.5 Å². The number of aryl methyl sites for hydroxylation is 2. The molecule has 0 atom stereocenters. The minimum Gasteiger partial charge on any atom is -0.489 e. The summed E-state index contributed by atoms with van der Waals surface area (Å²) in [5.74, 6) is 1.59. The van der Waals surface area contributed by atoms with Crippen molar-refractivity contribution in [3.8, 4) is 22.1 Å². The summed E-state index contributed by atoms with van der Waals surface area (Å²) in [5, 5.41) is 13.9. The van der Waals surface area contributed by atoms with Crippen molar-refractivity contribution in [2.24, 2.45) is 5.92 Å². The van der Waals surface area contributed by atoms with Crippen LogP contribution < -0.4 is 4.74 Å². The number of carboxylic acids is 1. The molecule has 1 saturated carbocycles. The van der Waals surface area contributed by atoms with Gasteiger partial charge in [0.1, 0.15) is 17.9 Å². The maximum absolute atomic E-state index is 12.4. The topological polar surface area (TPSA) is 97.5 Å². The zero-order valence-electron chi connectivity index (χ0n) is 24.3. The number of amides is 1. The fourth-order valence-electron chi connectivity index (χ4n) is 5.91. The Hall–Kier alpha value is -3.98. The van der Waals surface area contributed by atoms with E-state index in [1.165, 1.54) is 11.8 Å². The minimum absolute atomic E-state index is 0.196. The number of piperidine rings is 1. The van der Waals surface area contributed by atoms with Gasteiger partial charge in [-0.2, -0.15) is 5.10 Å². The van der Waals surface area contributed by atoms with Crippen molar-refractivity contribution in [1.82, 2.24) is 19.7 Å². The molecule has 4 aromatic rings. The molecule has 1 aliphatic carbocycles. The Kier molecular flexibility index (Phi) is 7.86. The molecule has 42 heavy (non-hydrogen) atoms. The molecule has 0 unspecified atom stereocenters. The van der Waals surface area contributed by atoms with E-state index in [1.54, 1.807) is 16.0 Å². The summed E-state index contributed by atoms with van der Waals surface area (Å²) in [5.41, 5.74) is 5.11. The lowest BCUT2D eigenvalue weighted by Gasteiger charge is -2.32. The van der Waals surface area contributed by atoms with Gasteiger partial charge in [-0.15, -0.1) is 11.3 Å². The fraction of sp³-hybridized carbons (Fsp3) is 0.394. The lowest BCUT2D eigenvalue weighted by molar-refractivity contribution is -0.133. The van der Waals surface area contributed by atoms with Crippen LogP contribution >= 0.6 is 11.3 Å². The molecular weight excluding hydrogens is 548 g/mol. The first-order chi connectivity index (χ1) is 20.3. The number of hydrogen-bond donors (Lipinski definition) is 1. The molecule has 6 rings (SSSR count). The Labute approximate surface area is 250 Å². The maximum Gasteiger partial charge on any atom is 0.339 e. The summed E-state index contributed by atoms with van der Waals surface area (Å²) < 4.78 is 7.96. The highest BCUT2D eigenvalue weighted by Gasteiger charge is 2.35. The van der Waals surface area contributed by atoms with Crippen molar-refractivity contribution in [2.75, 3.05) is 13.1 Å². The van der Waals surface area contributed by atoms with Gasteiger partial charge in [0, 0.05) is 29.4 Å². The number of pyridine rings is 1. The zero-order valence-corrected chi connectivity index (χ0v) is 25.1. The first-order valence-corrected chi connectivity index (χ1v) is 15.5. The molecule has 0 spiro atoms.